The lowest BCUT2D eigenvalue weighted by molar-refractivity contribution is 0.0929. The van der Waals surface area contributed by atoms with Gasteiger partial charge in [0.2, 0.25) is 0 Å². The summed E-state index contributed by atoms with van der Waals surface area (Å²) in [7, 11) is 0. The number of amides is 1. The number of carbonyl (C=O) groups is 1. The summed E-state index contributed by atoms with van der Waals surface area (Å²) in [5, 5.41) is 3.11. The molecule has 1 aliphatic carbocycles. The van der Waals surface area contributed by atoms with Crippen LogP contribution >= 0.6 is 11.6 Å². The number of benzene rings is 1. The third-order valence-electron chi connectivity index (χ3n) is 3.56. The fourth-order valence-corrected chi connectivity index (χ4v) is 2.85. The van der Waals surface area contributed by atoms with Crippen LogP contribution in [0.15, 0.2) is 24.3 Å². The highest BCUT2D eigenvalue weighted by atomic mass is 35.5. The number of rotatable bonds is 3. The number of aryl methyl sites for hydroxylation is 1. The Labute approximate surface area is 107 Å². The molecule has 1 aromatic carbocycles. The Bertz CT molecular complexity index is 405. The molecule has 0 radical (unpaired) electrons. The summed E-state index contributed by atoms with van der Waals surface area (Å²) in [4.78, 5) is 12.1. The predicted molar refractivity (Wildman–Crippen MR) is 70.5 cm³/mol. The zero-order valence-electron chi connectivity index (χ0n) is 10.1. The molecule has 0 bridgehead atoms. The number of carbonyl (C=O) groups excluding carboxylic acids is 1. The molecule has 2 atom stereocenters. The van der Waals surface area contributed by atoms with Crippen LogP contribution in [0.1, 0.15) is 35.2 Å². The Morgan fingerprint density at radius 2 is 2.18 bits per heavy atom. The Hall–Kier alpha value is -1.02. The van der Waals surface area contributed by atoms with Crippen LogP contribution in [0.3, 0.4) is 0 Å². The molecule has 1 saturated carbocycles. The van der Waals surface area contributed by atoms with Gasteiger partial charge in [0, 0.05) is 17.5 Å². The van der Waals surface area contributed by atoms with Crippen LogP contribution in [-0.4, -0.2) is 17.8 Å². The van der Waals surface area contributed by atoms with E-state index >= 15 is 0 Å². The zero-order valence-corrected chi connectivity index (χ0v) is 10.8. The molecule has 17 heavy (non-hydrogen) atoms. The van der Waals surface area contributed by atoms with E-state index in [0.29, 0.717) is 11.8 Å². The van der Waals surface area contributed by atoms with Crippen LogP contribution in [0.2, 0.25) is 0 Å². The topological polar surface area (TPSA) is 29.1 Å². The van der Waals surface area contributed by atoms with Crippen molar-refractivity contribution in [2.24, 2.45) is 5.92 Å². The van der Waals surface area contributed by atoms with E-state index in [1.165, 1.54) is 0 Å². The van der Waals surface area contributed by atoms with Gasteiger partial charge >= 0.3 is 0 Å². The monoisotopic (exact) mass is 251 g/mol. The second kappa shape index (κ2) is 5.54. The maximum atomic E-state index is 12.1. The van der Waals surface area contributed by atoms with Crippen LogP contribution in [0, 0.1) is 12.8 Å². The summed E-state index contributed by atoms with van der Waals surface area (Å²) < 4.78 is 0. The standard InChI is InChI=1S/C14H18ClNO/c1-10-5-2-3-7-12(10)14(17)16-13-8-4-6-11(13)9-15/h2-3,5,7,11,13H,4,6,8-9H2,1H3,(H,16,17). The van der Waals surface area contributed by atoms with E-state index in [1.54, 1.807) is 0 Å². The van der Waals surface area contributed by atoms with Gasteiger partial charge in [-0.2, -0.15) is 0 Å². The first kappa shape index (κ1) is 12.4. The van der Waals surface area contributed by atoms with Crippen LogP contribution < -0.4 is 5.32 Å². The highest BCUT2D eigenvalue weighted by Gasteiger charge is 2.28. The minimum absolute atomic E-state index is 0.0325. The molecule has 0 spiro atoms. The number of hydrogen-bond acceptors (Lipinski definition) is 1. The molecule has 1 aromatic rings. The van der Waals surface area contributed by atoms with Gasteiger partial charge in [0.25, 0.3) is 5.91 Å². The van der Waals surface area contributed by atoms with Crippen molar-refractivity contribution in [2.75, 3.05) is 5.88 Å². The van der Waals surface area contributed by atoms with Crippen molar-refractivity contribution >= 4 is 17.5 Å². The first-order valence-electron chi connectivity index (χ1n) is 6.15. The van der Waals surface area contributed by atoms with Crippen LogP contribution in [-0.2, 0) is 0 Å². The van der Waals surface area contributed by atoms with Gasteiger partial charge in [-0.25, -0.2) is 0 Å². The fourth-order valence-electron chi connectivity index (χ4n) is 2.49. The van der Waals surface area contributed by atoms with E-state index in [-0.39, 0.29) is 11.9 Å². The maximum Gasteiger partial charge on any atom is 0.251 e. The lowest BCUT2D eigenvalue weighted by atomic mass is 10.0. The van der Waals surface area contributed by atoms with E-state index in [4.69, 9.17) is 11.6 Å². The normalized spacial score (nSPS) is 23.6. The number of hydrogen-bond donors (Lipinski definition) is 1. The SMILES string of the molecule is Cc1ccccc1C(=O)NC1CCCC1CCl. The van der Waals surface area contributed by atoms with E-state index in [2.05, 4.69) is 5.32 Å². The molecule has 2 unspecified atom stereocenters. The summed E-state index contributed by atoms with van der Waals surface area (Å²) in [6.07, 6.45) is 3.34. The van der Waals surface area contributed by atoms with E-state index in [0.717, 1.165) is 30.4 Å². The molecule has 1 fully saturated rings. The molecule has 92 valence electrons. The quantitative estimate of drug-likeness (QED) is 0.822. The van der Waals surface area contributed by atoms with E-state index in [1.807, 2.05) is 31.2 Å². The van der Waals surface area contributed by atoms with E-state index in [9.17, 15) is 4.79 Å². The summed E-state index contributed by atoms with van der Waals surface area (Å²) in [5.74, 6) is 1.10. The van der Waals surface area contributed by atoms with Crippen molar-refractivity contribution in [3.8, 4) is 0 Å². The van der Waals surface area contributed by atoms with Crippen molar-refractivity contribution in [1.29, 1.82) is 0 Å². The second-order valence-electron chi connectivity index (χ2n) is 4.74. The molecule has 1 aliphatic rings. The minimum atomic E-state index is 0.0325. The molecule has 1 N–H and O–H groups in total. The summed E-state index contributed by atoms with van der Waals surface area (Å²) in [5.41, 5.74) is 1.79. The van der Waals surface area contributed by atoms with Crippen molar-refractivity contribution in [3.05, 3.63) is 35.4 Å². The lowest BCUT2D eigenvalue weighted by Crippen LogP contribution is -2.38. The van der Waals surface area contributed by atoms with Gasteiger partial charge in [-0.1, -0.05) is 24.6 Å². The van der Waals surface area contributed by atoms with Gasteiger partial charge < -0.3 is 5.32 Å². The average Bonchev–Trinajstić information content (AvgIpc) is 2.76. The van der Waals surface area contributed by atoms with Gasteiger partial charge in [-0.15, -0.1) is 11.6 Å². The number of halogens is 1. The second-order valence-corrected chi connectivity index (χ2v) is 5.05. The molecule has 2 nitrogen and oxygen atoms in total. The number of nitrogens with one attached hydrogen (secondary N) is 1. The lowest BCUT2D eigenvalue weighted by Gasteiger charge is -2.19. The maximum absolute atomic E-state index is 12.1. The van der Waals surface area contributed by atoms with Crippen molar-refractivity contribution in [3.63, 3.8) is 0 Å². The Morgan fingerprint density at radius 3 is 2.88 bits per heavy atom. The summed E-state index contributed by atoms with van der Waals surface area (Å²) >= 11 is 5.91. The zero-order chi connectivity index (χ0) is 12.3. The van der Waals surface area contributed by atoms with Gasteiger partial charge in [0.1, 0.15) is 0 Å². The third kappa shape index (κ3) is 2.81. The van der Waals surface area contributed by atoms with Crippen LogP contribution in [0.4, 0.5) is 0 Å². The Balaban J connectivity index is 2.04. The molecule has 1 amide bonds. The highest BCUT2D eigenvalue weighted by molar-refractivity contribution is 6.18. The molecule has 2 rings (SSSR count). The summed E-state index contributed by atoms with van der Waals surface area (Å²) in [6, 6.07) is 7.93. The first-order chi connectivity index (χ1) is 8.22. The van der Waals surface area contributed by atoms with Gasteiger partial charge in [0.05, 0.1) is 0 Å². The van der Waals surface area contributed by atoms with Crippen molar-refractivity contribution < 1.29 is 4.79 Å². The molecular weight excluding hydrogens is 234 g/mol. The van der Waals surface area contributed by atoms with Crippen LogP contribution in [0.25, 0.3) is 0 Å². The molecule has 0 heterocycles. The Kier molecular flexibility index (Phi) is 4.06. The first-order valence-corrected chi connectivity index (χ1v) is 6.68. The van der Waals surface area contributed by atoms with Gasteiger partial charge in [-0.05, 0) is 37.3 Å². The predicted octanol–water partition coefficient (Wildman–Crippen LogP) is 3.13. The van der Waals surface area contributed by atoms with Crippen molar-refractivity contribution in [1.82, 2.24) is 5.32 Å². The smallest absolute Gasteiger partial charge is 0.251 e. The van der Waals surface area contributed by atoms with Crippen LogP contribution in [0.5, 0.6) is 0 Å². The summed E-state index contributed by atoms with van der Waals surface area (Å²) in [6.45, 7) is 1.96. The molecule has 0 aliphatic heterocycles. The largest absolute Gasteiger partial charge is 0.349 e. The number of alkyl halides is 1. The molecule has 0 aromatic heterocycles. The molecule has 3 heteroatoms. The Morgan fingerprint density at radius 1 is 1.41 bits per heavy atom. The fraction of sp³-hybridized carbons (Fsp3) is 0.500. The molecular formula is C14H18ClNO. The third-order valence-corrected chi connectivity index (χ3v) is 3.96. The van der Waals surface area contributed by atoms with Crippen molar-refractivity contribution in [2.45, 2.75) is 32.2 Å². The average molecular weight is 252 g/mol. The van der Waals surface area contributed by atoms with Gasteiger partial charge in [0.15, 0.2) is 0 Å². The minimum Gasteiger partial charge on any atom is -0.349 e. The van der Waals surface area contributed by atoms with Gasteiger partial charge in [-0.3, -0.25) is 4.79 Å². The highest BCUT2D eigenvalue weighted by Crippen LogP contribution is 2.26. The van der Waals surface area contributed by atoms with E-state index < -0.39 is 0 Å². The molecule has 0 saturated heterocycles.